The number of halogens is 3. The van der Waals surface area contributed by atoms with E-state index in [1.54, 1.807) is 6.07 Å². The molecule has 156 valence electrons. The van der Waals surface area contributed by atoms with Crippen molar-refractivity contribution < 1.29 is 22.6 Å². The van der Waals surface area contributed by atoms with Crippen molar-refractivity contribution in [1.82, 2.24) is 14.5 Å². The standard InChI is InChI=1S/C20H17F3N4O3/c1-20(2)10-27-16(26-20)7-17(25-19(27)28)29-9-11-5-13(21)18(14(22)6-11)30-12-3-4-15(23)24-8-12/h3-8,26H,9-10H2,1-2H3. The van der Waals surface area contributed by atoms with Gasteiger partial charge in [0, 0.05) is 6.07 Å². The van der Waals surface area contributed by atoms with E-state index in [0.29, 0.717) is 12.4 Å². The molecule has 0 spiro atoms. The molecule has 10 heteroatoms. The van der Waals surface area contributed by atoms with Crippen LogP contribution in [0.5, 0.6) is 17.4 Å². The van der Waals surface area contributed by atoms with E-state index < -0.39 is 29.0 Å². The molecule has 2 aromatic heterocycles. The molecule has 0 bridgehead atoms. The lowest BCUT2D eigenvalue weighted by molar-refractivity contribution is 0.289. The summed E-state index contributed by atoms with van der Waals surface area (Å²) in [6.45, 7) is 4.13. The topological polar surface area (TPSA) is 78.3 Å². The van der Waals surface area contributed by atoms with Gasteiger partial charge in [-0.15, -0.1) is 0 Å². The van der Waals surface area contributed by atoms with Gasteiger partial charge in [-0.3, -0.25) is 4.57 Å². The van der Waals surface area contributed by atoms with E-state index in [2.05, 4.69) is 15.3 Å². The number of hydrogen-bond acceptors (Lipinski definition) is 6. The number of fused-ring (bicyclic) bond motifs is 1. The van der Waals surface area contributed by atoms with Crippen LogP contribution in [0.25, 0.3) is 0 Å². The summed E-state index contributed by atoms with van der Waals surface area (Å²) in [5, 5.41) is 3.18. The summed E-state index contributed by atoms with van der Waals surface area (Å²) in [4.78, 5) is 19.4. The van der Waals surface area contributed by atoms with Gasteiger partial charge in [-0.05, 0) is 43.7 Å². The molecule has 0 amide bonds. The van der Waals surface area contributed by atoms with Crippen LogP contribution in [0, 0.1) is 17.6 Å². The molecular formula is C20H17F3N4O3. The van der Waals surface area contributed by atoms with Gasteiger partial charge in [-0.25, -0.2) is 18.6 Å². The first-order chi connectivity index (χ1) is 14.2. The third kappa shape index (κ3) is 4.07. The van der Waals surface area contributed by atoms with E-state index in [1.165, 1.54) is 10.6 Å². The number of pyridine rings is 1. The van der Waals surface area contributed by atoms with Crippen molar-refractivity contribution in [1.29, 1.82) is 0 Å². The highest BCUT2D eigenvalue weighted by molar-refractivity contribution is 5.45. The van der Waals surface area contributed by atoms with Crippen molar-refractivity contribution in [2.24, 2.45) is 0 Å². The minimum absolute atomic E-state index is 0.0172. The van der Waals surface area contributed by atoms with Crippen LogP contribution < -0.4 is 20.5 Å². The molecule has 1 N–H and O–H groups in total. The third-order valence-electron chi connectivity index (χ3n) is 4.37. The zero-order valence-corrected chi connectivity index (χ0v) is 16.1. The highest BCUT2D eigenvalue weighted by Crippen LogP contribution is 2.29. The summed E-state index contributed by atoms with van der Waals surface area (Å²) < 4.78 is 53.6. The maximum atomic E-state index is 14.3. The summed E-state index contributed by atoms with van der Waals surface area (Å²) in [5.74, 6) is -2.75. The number of nitrogens with zero attached hydrogens (tertiary/aromatic N) is 3. The fourth-order valence-corrected chi connectivity index (χ4v) is 3.09. The first-order valence-corrected chi connectivity index (χ1v) is 9.00. The average molecular weight is 418 g/mol. The van der Waals surface area contributed by atoms with Gasteiger partial charge in [0.15, 0.2) is 17.4 Å². The molecule has 1 aliphatic rings. The van der Waals surface area contributed by atoms with Gasteiger partial charge in [0.25, 0.3) is 0 Å². The van der Waals surface area contributed by atoms with Crippen molar-refractivity contribution in [3.05, 3.63) is 70.2 Å². The Morgan fingerprint density at radius 2 is 1.90 bits per heavy atom. The highest BCUT2D eigenvalue weighted by atomic mass is 19.1. The second-order valence-corrected chi connectivity index (χ2v) is 7.45. The molecule has 7 nitrogen and oxygen atoms in total. The van der Waals surface area contributed by atoms with E-state index >= 15 is 0 Å². The Morgan fingerprint density at radius 3 is 2.57 bits per heavy atom. The van der Waals surface area contributed by atoms with E-state index in [0.717, 1.165) is 24.4 Å². The normalized spacial score (nSPS) is 14.2. The molecule has 0 radical (unpaired) electrons. The second-order valence-electron chi connectivity index (χ2n) is 7.45. The molecule has 0 atom stereocenters. The van der Waals surface area contributed by atoms with E-state index in [4.69, 9.17) is 9.47 Å². The maximum absolute atomic E-state index is 14.3. The molecule has 4 rings (SSSR count). The Labute approximate surface area is 169 Å². The Hall–Kier alpha value is -3.56. The molecule has 0 saturated carbocycles. The van der Waals surface area contributed by atoms with Crippen LogP contribution in [0.3, 0.4) is 0 Å². The first-order valence-electron chi connectivity index (χ1n) is 9.00. The second kappa shape index (κ2) is 7.36. The van der Waals surface area contributed by atoms with Gasteiger partial charge >= 0.3 is 5.69 Å². The smallest absolute Gasteiger partial charge is 0.352 e. The van der Waals surface area contributed by atoms with Crippen molar-refractivity contribution in [3.8, 4) is 17.4 Å². The van der Waals surface area contributed by atoms with Crippen LogP contribution in [0.1, 0.15) is 19.4 Å². The number of ether oxygens (including phenoxy) is 2. The zero-order valence-electron chi connectivity index (χ0n) is 16.1. The van der Waals surface area contributed by atoms with Crippen LogP contribution in [-0.2, 0) is 13.2 Å². The van der Waals surface area contributed by atoms with Crippen molar-refractivity contribution in [2.45, 2.75) is 32.5 Å². The van der Waals surface area contributed by atoms with E-state index in [-0.39, 0.29) is 29.3 Å². The fourth-order valence-electron chi connectivity index (χ4n) is 3.09. The highest BCUT2D eigenvalue weighted by Gasteiger charge is 2.29. The summed E-state index contributed by atoms with van der Waals surface area (Å²) in [5.41, 5.74) is -0.603. The summed E-state index contributed by atoms with van der Waals surface area (Å²) in [6, 6.07) is 5.84. The minimum Gasteiger partial charge on any atom is -0.473 e. The number of nitrogens with one attached hydrogen (secondary N) is 1. The number of rotatable bonds is 5. The summed E-state index contributed by atoms with van der Waals surface area (Å²) in [6.07, 6.45) is 1.01. The van der Waals surface area contributed by atoms with Gasteiger partial charge < -0.3 is 14.8 Å². The molecule has 3 aromatic rings. The molecule has 0 fully saturated rings. The average Bonchev–Trinajstić information content (AvgIpc) is 2.99. The first kappa shape index (κ1) is 19.7. The number of anilines is 1. The zero-order chi connectivity index (χ0) is 21.5. The van der Waals surface area contributed by atoms with Gasteiger partial charge in [0.05, 0.1) is 18.3 Å². The van der Waals surface area contributed by atoms with Crippen LogP contribution in [0.4, 0.5) is 19.0 Å². The largest absolute Gasteiger partial charge is 0.473 e. The van der Waals surface area contributed by atoms with Gasteiger partial charge in [-0.2, -0.15) is 9.37 Å². The minimum atomic E-state index is -0.969. The lowest BCUT2D eigenvalue weighted by atomic mass is 10.1. The molecule has 0 aliphatic carbocycles. The Morgan fingerprint density at radius 1 is 1.17 bits per heavy atom. The maximum Gasteiger partial charge on any atom is 0.352 e. The Kier molecular flexibility index (Phi) is 4.84. The quantitative estimate of drug-likeness (QED) is 0.638. The van der Waals surface area contributed by atoms with Crippen LogP contribution >= 0.6 is 0 Å². The van der Waals surface area contributed by atoms with Crippen molar-refractivity contribution in [3.63, 3.8) is 0 Å². The number of hydrogen-bond donors (Lipinski definition) is 1. The van der Waals surface area contributed by atoms with Gasteiger partial charge in [0.1, 0.15) is 18.2 Å². The SMILES string of the molecule is CC1(C)Cn2c(cc(OCc3cc(F)c(Oc4ccc(F)nc4)c(F)c3)nc2=O)N1. The predicted octanol–water partition coefficient (Wildman–Crippen LogP) is 3.63. The lowest BCUT2D eigenvalue weighted by Crippen LogP contribution is -2.30. The number of aromatic nitrogens is 3. The predicted molar refractivity (Wildman–Crippen MR) is 101 cm³/mol. The molecule has 1 aromatic carbocycles. The van der Waals surface area contributed by atoms with Crippen molar-refractivity contribution >= 4 is 5.82 Å². The van der Waals surface area contributed by atoms with Gasteiger partial charge in [0.2, 0.25) is 11.8 Å². The molecule has 3 heterocycles. The Bertz CT molecular complexity index is 1140. The summed E-state index contributed by atoms with van der Waals surface area (Å²) in [7, 11) is 0. The van der Waals surface area contributed by atoms with Gasteiger partial charge in [-0.1, -0.05) is 0 Å². The fraction of sp³-hybridized carbons (Fsp3) is 0.250. The van der Waals surface area contributed by atoms with Crippen LogP contribution in [0.2, 0.25) is 0 Å². The van der Waals surface area contributed by atoms with E-state index in [9.17, 15) is 18.0 Å². The third-order valence-corrected chi connectivity index (χ3v) is 4.37. The monoisotopic (exact) mass is 418 g/mol. The Balaban J connectivity index is 1.49. The lowest BCUT2D eigenvalue weighted by Gasteiger charge is -2.16. The van der Waals surface area contributed by atoms with Crippen LogP contribution in [0.15, 0.2) is 41.3 Å². The number of benzene rings is 1. The van der Waals surface area contributed by atoms with E-state index in [1.807, 2.05) is 13.8 Å². The summed E-state index contributed by atoms with van der Waals surface area (Å²) >= 11 is 0. The molecule has 1 aliphatic heterocycles. The molecule has 30 heavy (non-hydrogen) atoms. The molecular weight excluding hydrogens is 401 g/mol. The molecule has 0 saturated heterocycles. The van der Waals surface area contributed by atoms with Crippen molar-refractivity contribution in [2.75, 3.05) is 5.32 Å². The van der Waals surface area contributed by atoms with Crippen LogP contribution in [-0.4, -0.2) is 20.1 Å². The molecule has 0 unspecified atom stereocenters.